The van der Waals surface area contributed by atoms with Crippen LogP contribution in [0.5, 0.6) is 0 Å². The first kappa shape index (κ1) is 10.9. The average molecular weight is 159 g/mol. The summed E-state index contributed by atoms with van der Waals surface area (Å²) in [5, 5.41) is 9.22. The lowest BCUT2D eigenvalue weighted by Crippen LogP contribution is -2.50. The third-order valence-corrected chi connectivity index (χ3v) is 2.91. The highest BCUT2D eigenvalue weighted by Gasteiger charge is 2.30. The number of rotatable bonds is 4. The van der Waals surface area contributed by atoms with Gasteiger partial charge in [-0.25, -0.2) is 0 Å². The molecule has 2 nitrogen and oxygen atoms in total. The van der Waals surface area contributed by atoms with Crippen LogP contribution in [0.4, 0.5) is 0 Å². The van der Waals surface area contributed by atoms with Gasteiger partial charge in [-0.1, -0.05) is 20.8 Å². The molecule has 11 heavy (non-hydrogen) atoms. The summed E-state index contributed by atoms with van der Waals surface area (Å²) in [5.41, 5.74) is -0.0608. The van der Waals surface area contributed by atoms with E-state index in [1.807, 2.05) is 0 Å². The average Bonchev–Trinajstić information content (AvgIpc) is 2.01. The monoisotopic (exact) mass is 159 g/mol. The smallest absolute Gasteiger partial charge is 0.0615 e. The largest absolute Gasteiger partial charge is 0.394 e. The predicted molar refractivity (Wildman–Crippen MR) is 48.6 cm³/mol. The van der Waals surface area contributed by atoms with E-state index in [1.54, 1.807) is 0 Å². The van der Waals surface area contributed by atoms with Gasteiger partial charge in [0.2, 0.25) is 0 Å². The molecule has 1 N–H and O–H groups in total. The van der Waals surface area contributed by atoms with Crippen molar-refractivity contribution < 1.29 is 5.11 Å². The lowest BCUT2D eigenvalue weighted by molar-refractivity contribution is 0.0303. The fourth-order valence-electron chi connectivity index (χ4n) is 1.11. The molecule has 68 valence electrons. The van der Waals surface area contributed by atoms with Gasteiger partial charge in [-0.3, -0.25) is 4.90 Å². The molecule has 1 unspecified atom stereocenters. The first-order chi connectivity index (χ1) is 4.99. The van der Waals surface area contributed by atoms with Gasteiger partial charge in [-0.05, 0) is 26.4 Å². The summed E-state index contributed by atoms with van der Waals surface area (Å²) in [4.78, 5) is 2.19. The Morgan fingerprint density at radius 1 is 1.45 bits per heavy atom. The van der Waals surface area contributed by atoms with Crippen LogP contribution in [0.3, 0.4) is 0 Å². The zero-order valence-corrected chi connectivity index (χ0v) is 8.39. The summed E-state index contributed by atoms with van der Waals surface area (Å²) in [6.45, 7) is 9.70. The summed E-state index contributed by atoms with van der Waals surface area (Å²) in [6, 6.07) is 0. The highest BCUT2D eigenvalue weighted by molar-refractivity contribution is 4.86. The lowest BCUT2D eigenvalue weighted by Gasteiger charge is -2.40. The Morgan fingerprint density at radius 3 is 2.00 bits per heavy atom. The molecule has 0 aromatic rings. The highest BCUT2D eigenvalue weighted by atomic mass is 16.3. The Hall–Kier alpha value is -0.0800. The van der Waals surface area contributed by atoms with Gasteiger partial charge in [-0.15, -0.1) is 0 Å². The molecular weight excluding hydrogens is 138 g/mol. The Bertz CT molecular complexity index is 114. The molecule has 0 aliphatic rings. The molecule has 0 radical (unpaired) electrons. The first-order valence-electron chi connectivity index (χ1n) is 4.31. The molecule has 0 fully saturated rings. The van der Waals surface area contributed by atoms with Crippen LogP contribution in [0.15, 0.2) is 0 Å². The molecule has 0 aromatic carbocycles. The first-order valence-corrected chi connectivity index (χ1v) is 4.31. The Kier molecular flexibility index (Phi) is 4.04. The number of nitrogens with zero attached hydrogens (tertiary/aromatic N) is 1. The van der Waals surface area contributed by atoms with Crippen LogP contribution in [0.25, 0.3) is 0 Å². The van der Waals surface area contributed by atoms with Gasteiger partial charge in [0.05, 0.1) is 6.61 Å². The molecular formula is C9H21NO. The topological polar surface area (TPSA) is 23.5 Å². The van der Waals surface area contributed by atoms with E-state index in [1.165, 1.54) is 0 Å². The molecule has 0 aromatic heterocycles. The normalized spacial score (nSPS) is 17.5. The summed E-state index contributed by atoms with van der Waals surface area (Å²) < 4.78 is 0. The number of aliphatic hydroxyl groups is 1. The molecule has 0 aliphatic carbocycles. The highest BCUT2D eigenvalue weighted by Crippen LogP contribution is 2.21. The van der Waals surface area contributed by atoms with Gasteiger partial charge < -0.3 is 5.11 Å². The van der Waals surface area contributed by atoms with Crippen LogP contribution < -0.4 is 0 Å². The van der Waals surface area contributed by atoms with Crippen molar-refractivity contribution in [1.82, 2.24) is 4.90 Å². The van der Waals surface area contributed by atoms with Gasteiger partial charge in [0.25, 0.3) is 0 Å². The molecule has 0 amide bonds. The number of likely N-dealkylation sites (N-methyl/N-ethyl adjacent to an activating group) is 1. The third kappa shape index (κ3) is 2.17. The van der Waals surface area contributed by atoms with Crippen LogP contribution in [-0.2, 0) is 0 Å². The minimum absolute atomic E-state index is 0.0608. The van der Waals surface area contributed by atoms with E-state index in [9.17, 15) is 5.11 Å². The SMILES string of the molecule is CCN(C)C(C)(CO)C(C)C. The van der Waals surface area contributed by atoms with E-state index in [4.69, 9.17) is 0 Å². The van der Waals surface area contributed by atoms with Crippen LogP contribution in [-0.4, -0.2) is 35.7 Å². The summed E-state index contributed by atoms with van der Waals surface area (Å²) in [6.07, 6.45) is 0. The third-order valence-electron chi connectivity index (χ3n) is 2.91. The molecule has 1 atom stereocenters. The van der Waals surface area contributed by atoms with Crippen LogP contribution >= 0.6 is 0 Å². The second-order valence-corrected chi connectivity index (χ2v) is 3.68. The van der Waals surface area contributed by atoms with Crippen LogP contribution in [0, 0.1) is 5.92 Å². The molecule has 0 heterocycles. The Labute approximate surface area is 70.2 Å². The van der Waals surface area contributed by atoms with Crippen LogP contribution in [0.1, 0.15) is 27.7 Å². The van der Waals surface area contributed by atoms with Crippen molar-refractivity contribution in [3.63, 3.8) is 0 Å². The van der Waals surface area contributed by atoms with E-state index in [0.29, 0.717) is 5.92 Å². The molecule has 0 rings (SSSR count). The zero-order chi connectivity index (χ0) is 9.07. The van der Waals surface area contributed by atoms with Gasteiger partial charge in [0.1, 0.15) is 0 Å². The van der Waals surface area contributed by atoms with Crippen molar-refractivity contribution in [3.8, 4) is 0 Å². The van der Waals surface area contributed by atoms with Crippen molar-refractivity contribution in [2.24, 2.45) is 5.92 Å². The predicted octanol–water partition coefficient (Wildman–Crippen LogP) is 1.35. The minimum Gasteiger partial charge on any atom is -0.394 e. The van der Waals surface area contributed by atoms with E-state index in [2.05, 4.69) is 39.6 Å². The van der Waals surface area contributed by atoms with Gasteiger partial charge in [0, 0.05) is 5.54 Å². The maximum absolute atomic E-state index is 9.22. The molecule has 0 spiro atoms. The van der Waals surface area contributed by atoms with E-state index < -0.39 is 0 Å². The summed E-state index contributed by atoms with van der Waals surface area (Å²) in [5.74, 6) is 0.484. The van der Waals surface area contributed by atoms with Crippen molar-refractivity contribution in [1.29, 1.82) is 0 Å². The summed E-state index contributed by atoms with van der Waals surface area (Å²) >= 11 is 0. The standard InChI is InChI=1S/C9H21NO/c1-6-10(5)9(4,7-11)8(2)3/h8,11H,6-7H2,1-5H3. The van der Waals surface area contributed by atoms with Crippen molar-refractivity contribution in [3.05, 3.63) is 0 Å². The second-order valence-electron chi connectivity index (χ2n) is 3.68. The second kappa shape index (κ2) is 4.07. The van der Waals surface area contributed by atoms with Gasteiger partial charge >= 0.3 is 0 Å². The van der Waals surface area contributed by atoms with Crippen molar-refractivity contribution in [2.75, 3.05) is 20.2 Å². The Balaban J connectivity index is 4.32. The Morgan fingerprint density at radius 2 is 1.91 bits per heavy atom. The molecule has 0 bridgehead atoms. The fourth-order valence-corrected chi connectivity index (χ4v) is 1.11. The fraction of sp³-hybridized carbons (Fsp3) is 1.00. The van der Waals surface area contributed by atoms with Crippen molar-refractivity contribution >= 4 is 0 Å². The maximum Gasteiger partial charge on any atom is 0.0615 e. The molecule has 0 saturated heterocycles. The quantitative estimate of drug-likeness (QED) is 0.669. The maximum atomic E-state index is 9.22. The number of hydrogen-bond acceptors (Lipinski definition) is 2. The lowest BCUT2D eigenvalue weighted by atomic mass is 9.88. The number of hydrogen-bond donors (Lipinski definition) is 1. The molecule has 0 saturated carbocycles. The summed E-state index contributed by atoms with van der Waals surface area (Å²) in [7, 11) is 2.05. The van der Waals surface area contributed by atoms with Crippen molar-refractivity contribution in [2.45, 2.75) is 33.2 Å². The molecule has 2 heteroatoms. The van der Waals surface area contributed by atoms with E-state index in [-0.39, 0.29) is 12.1 Å². The zero-order valence-electron chi connectivity index (χ0n) is 8.39. The molecule has 0 aliphatic heterocycles. The minimum atomic E-state index is -0.0608. The van der Waals surface area contributed by atoms with E-state index in [0.717, 1.165) is 6.54 Å². The van der Waals surface area contributed by atoms with E-state index >= 15 is 0 Å². The number of aliphatic hydroxyl groups excluding tert-OH is 1. The van der Waals surface area contributed by atoms with Gasteiger partial charge in [0.15, 0.2) is 0 Å². The van der Waals surface area contributed by atoms with Gasteiger partial charge in [-0.2, -0.15) is 0 Å². The van der Waals surface area contributed by atoms with Crippen LogP contribution in [0.2, 0.25) is 0 Å².